The molecule has 15 nitrogen and oxygen atoms in total. The van der Waals surface area contributed by atoms with Gasteiger partial charge in [0.1, 0.15) is 36.3 Å². The molecule has 7 amide bonds. The van der Waals surface area contributed by atoms with Crippen molar-refractivity contribution in [3.8, 4) is 0 Å². The van der Waals surface area contributed by atoms with Crippen molar-refractivity contribution in [1.29, 1.82) is 0 Å². The standard InChI is InChI=1S/C43H70N8O7S2/c1-11-25(7)33-40(55)47-30(37(52)45-21-20-29-18-16-15-17-19-29)22-59-60-23-31(46-39(54)32(44)24(5)6)38(53)48-34(26(8)12-2)41(56)50-36(28(10)14-4)43(58)51-35(27(9)13-3)42(57)49-33/h15-21,24-28,30-36H,11-14,22-23,44H2,1-10H3,(H,45,52)(H,46,54)(H,47,55)(H,48,53)(H,49,57)(H,50,56)(H,51,58)/b21-20-/t25-,26-,27-,28-,30-,31-,32-,33-,34-,35-,36-/m0/s1. The van der Waals surface area contributed by atoms with Crippen LogP contribution in [0, 0.1) is 29.6 Å². The zero-order valence-corrected chi connectivity index (χ0v) is 38.6. The average Bonchev–Trinajstić information content (AvgIpc) is 3.24. The highest BCUT2D eigenvalue weighted by molar-refractivity contribution is 8.76. The maximum Gasteiger partial charge on any atom is 0.247 e. The summed E-state index contributed by atoms with van der Waals surface area (Å²) in [6.07, 6.45) is 5.22. The molecule has 1 saturated heterocycles. The lowest BCUT2D eigenvalue weighted by Gasteiger charge is -2.33. The van der Waals surface area contributed by atoms with Crippen molar-refractivity contribution < 1.29 is 33.6 Å². The molecule has 9 N–H and O–H groups in total. The first-order chi connectivity index (χ1) is 28.4. The number of nitrogens with one attached hydrogen (secondary N) is 7. The number of nitrogens with two attached hydrogens (primary N) is 1. The first-order valence-corrected chi connectivity index (χ1v) is 23.7. The van der Waals surface area contributed by atoms with E-state index in [0.717, 1.165) is 5.56 Å². The quantitative estimate of drug-likeness (QED) is 0.127. The number of rotatable bonds is 14. The highest BCUT2D eigenvalue weighted by atomic mass is 33.1. The molecule has 1 aliphatic heterocycles. The fourth-order valence-electron chi connectivity index (χ4n) is 6.11. The summed E-state index contributed by atoms with van der Waals surface area (Å²) >= 11 is 0. The van der Waals surface area contributed by atoms with Gasteiger partial charge in [0.05, 0.1) is 6.04 Å². The Morgan fingerprint density at radius 3 is 1.47 bits per heavy atom. The maximum atomic E-state index is 14.2. The van der Waals surface area contributed by atoms with E-state index in [1.807, 2.05) is 78.8 Å². The largest absolute Gasteiger partial charge is 0.342 e. The topological polar surface area (TPSA) is 230 Å². The van der Waals surface area contributed by atoms with Crippen LogP contribution in [-0.4, -0.2) is 95.1 Å². The molecule has 1 heterocycles. The molecule has 336 valence electrons. The Bertz CT molecular complexity index is 1620. The summed E-state index contributed by atoms with van der Waals surface area (Å²) in [6.45, 7) is 18.3. The van der Waals surface area contributed by atoms with E-state index in [1.54, 1.807) is 26.8 Å². The van der Waals surface area contributed by atoms with Gasteiger partial charge >= 0.3 is 0 Å². The van der Waals surface area contributed by atoms with Crippen LogP contribution in [0.1, 0.15) is 100 Å². The van der Waals surface area contributed by atoms with Gasteiger partial charge in [-0.1, -0.05) is 147 Å². The van der Waals surface area contributed by atoms with Crippen LogP contribution in [0.2, 0.25) is 0 Å². The van der Waals surface area contributed by atoms with Gasteiger partial charge in [-0.25, -0.2) is 0 Å². The second kappa shape index (κ2) is 26.3. The maximum absolute atomic E-state index is 14.2. The van der Waals surface area contributed by atoms with E-state index in [2.05, 4.69) is 37.2 Å². The molecule has 0 aromatic heterocycles. The lowest BCUT2D eigenvalue weighted by atomic mass is 9.92. The second-order valence-electron chi connectivity index (χ2n) is 16.2. The molecule has 0 radical (unpaired) electrons. The Hall–Kier alpha value is -4.09. The monoisotopic (exact) mass is 874 g/mol. The van der Waals surface area contributed by atoms with Crippen LogP contribution in [0.15, 0.2) is 36.5 Å². The number of benzene rings is 1. The summed E-state index contributed by atoms with van der Waals surface area (Å²) in [6, 6.07) is 1.88. The fourth-order valence-corrected chi connectivity index (χ4v) is 8.43. The lowest BCUT2D eigenvalue weighted by Crippen LogP contribution is -2.63. The Kier molecular flexibility index (Phi) is 22.8. The molecule has 60 heavy (non-hydrogen) atoms. The number of carbonyl (C=O) groups is 7. The van der Waals surface area contributed by atoms with Gasteiger partial charge in [0.15, 0.2) is 0 Å². The zero-order valence-electron chi connectivity index (χ0n) is 37.0. The van der Waals surface area contributed by atoms with Crippen LogP contribution < -0.4 is 43.0 Å². The minimum atomic E-state index is -1.14. The number of hydrogen-bond acceptors (Lipinski definition) is 10. The normalized spacial score (nSPS) is 25.6. The highest BCUT2D eigenvalue weighted by Crippen LogP contribution is 2.24. The van der Waals surface area contributed by atoms with Crippen molar-refractivity contribution in [1.82, 2.24) is 37.2 Å². The SMILES string of the molecule is CC[C@H](C)[C@@H]1NC(=O)[C@@H](NC(=O)[C@@H](N)C(C)C)CSSC[C@@H](C(=O)N/C=C\c2ccccc2)NC(=O)[C@H]([C@@H](C)CC)NC(=O)[C@H]([C@@H](C)CC)NC(=O)[C@H]([C@@H](C)CC)NC1=O. The third-order valence-electron chi connectivity index (χ3n) is 11.3. The van der Waals surface area contributed by atoms with E-state index >= 15 is 0 Å². The molecule has 0 unspecified atom stereocenters. The Morgan fingerprint density at radius 2 is 1.05 bits per heavy atom. The smallest absolute Gasteiger partial charge is 0.247 e. The average molecular weight is 875 g/mol. The minimum Gasteiger partial charge on any atom is -0.342 e. The third-order valence-corrected chi connectivity index (χ3v) is 13.7. The molecule has 0 aliphatic carbocycles. The highest BCUT2D eigenvalue weighted by Gasteiger charge is 2.38. The molecule has 1 fully saturated rings. The summed E-state index contributed by atoms with van der Waals surface area (Å²) < 4.78 is 0. The van der Waals surface area contributed by atoms with Crippen LogP contribution >= 0.6 is 21.6 Å². The summed E-state index contributed by atoms with van der Waals surface area (Å²) in [5.41, 5.74) is 7.01. The van der Waals surface area contributed by atoms with Crippen molar-refractivity contribution in [3.63, 3.8) is 0 Å². The van der Waals surface area contributed by atoms with Crippen molar-refractivity contribution in [3.05, 3.63) is 42.1 Å². The molecular formula is C43H70N8O7S2. The predicted octanol–water partition coefficient (Wildman–Crippen LogP) is 3.25. The summed E-state index contributed by atoms with van der Waals surface area (Å²) in [7, 11) is 2.39. The van der Waals surface area contributed by atoms with E-state index in [0.29, 0.717) is 25.7 Å². The van der Waals surface area contributed by atoms with E-state index in [1.165, 1.54) is 27.8 Å². The van der Waals surface area contributed by atoms with E-state index in [-0.39, 0.29) is 41.1 Å². The molecule has 0 bridgehead atoms. The third kappa shape index (κ3) is 16.1. The molecule has 11 atom stereocenters. The van der Waals surface area contributed by atoms with Crippen LogP contribution in [0.5, 0.6) is 0 Å². The predicted molar refractivity (Wildman–Crippen MR) is 241 cm³/mol. The van der Waals surface area contributed by atoms with Gasteiger partial charge in [0.25, 0.3) is 0 Å². The molecule has 1 aromatic rings. The van der Waals surface area contributed by atoms with Gasteiger partial charge in [0, 0.05) is 17.7 Å². The van der Waals surface area contributed by atoms with Gasteiger partial charge in [0.2, 0.25) is 41.4 Å². The van der Waals surface area contributed by atoms with Gasteiger partial charge in [-0.3, -0.25) is 33.6 Å². The molecule has 0 spiro atoms. The molecule has 1 aliphatic rings. The van der Waals surface area contributed by atoms with Crippen LogP contribution in [-0.2, 0) is 33.6 Å². The van der Waals surface area contributed by atoms with E-state index in [9.17, 15) is 33.6 Å². The Morgan fingerprint density at radius 1 is 0.650 bits per heavy atom. The number of carbonyl (C=O) groups excluding carboxylic acids is 7. The fraction of sp³-hybridized carbons (Fsp3) is 0.651. The first kappa shape index (κ1) is 52.0. The van der Waals surface area contributed by atoms with Gasteiger partial charge in [-0.05, 0) is 41.2 Å². The summed E-state index contributed by atoms with van der Waals surface area (Å²) in [5, 5.41) is 19.8. The lowest BCUT2D eigenvalue weighted by molar-refractivity contribution is -0.137. The molecule has 0 saturated carbocycles. The van der Waals surface area contributed by atoms with E-state index < -0.39 is 83.6 Å². The van der Waals surface area contributed by atoms with Gasteiger partial charge in [-0.15, -0.1) is 0 Å². The van der Waals surface area contributed by atoms with Gasteiger partial charge in [-0.2, -0.15) is 0 Å². The second-order valence-corrected chi connectivity index (χ2v) is 18.8. The van der Waals surface area contributed by atoms with E-state index in [4.69, 9.17) is 5.73 Å². The van der Waals surface area contributed by atoms with Crippen molar-refractivity contribution in [2.24, 2.45) is 35.3 Å². The van der Waals surface area contributed by atoms with Crippen molar-refractivity contribution in [2.75, 3.05) is 11.5 Å². The van der Waals surface area contributed by atoms with Crippen molar-refractivity contribution in [2.45, 2.75) is 137 Å². The van der Waals surface area contributed by atoms with Crippen LogP contribution in [0.3, 0.4) is 0 Å². The first-order valence-electron chi connectivity index (χ1n) is 21.2. The number of amides is 7. The van der Waals surface area contributed by atoms with Crippen molar-refractivity contribution >= 4 is 69.0 Å². The van der Waals surface area contributed by atoms with Gasteiger partial charge < -0.3 is 43.0 Å². The molecular weight excluding hydrogens is 805 g/mol. The number of hydrogen-bond donors (Lipinski definition) is 8. The van der Waals surface area contributed by atoms with Crippen LogP contribution in [0.25, 0.3) is 6.08 Å². The zero-order chi connectivity index (χ0) is 45.1. The van der Waals surface area contributed by atoms with Crippen LogP contribution in [0.4, 0.5) is 0 Å². The molecule has 2 rings (SSSR count). The summed E-state index contributed by atoms with van der Waals surface area (Å²) in [5.74, 6) is -5.71. The Balaban J connectivity index is 2.68. The molecule has 1 aromatic carbocycles. The summed E-state index contributed by atoms with van der Waals surface area (Å²) in [4.78, 5) is 97.6. The minimum absolute atomic E-state index is 0.0124. The molecule has 17 heteroatoms. The Labute approximate surface area is 364 Å².